The number of hydrogen-bond acceptors (Lipinski definition) is 8. The lowest BCUT2D eigenvalue weighted by Gasteiger charge is -2.31. The molecule has 0 aromatic heterocycles. The summed E-state index contributed by atoms with van der Waals surface area (Å²) < 4.78 is 39.7. The van der Waals surface area contributed by atoms with Gasteiger partial charge in [-0.2, -0.15) is 8.42 Å². The molecule has 0 saturated carbocycles. The van der Waals surface area contributed by atoms with E-state index in [4.69, 9.17) is 13.7 Å². The van der Waals surface area contributed by atoms with Crippen molar-refractivity contribution in [2.75, 3.05) is 26.4 Å². The fourth-order valence-electron chi connectivity index (χ4n) is 2.54. The molecule has 0 amide bonds. The standard InChI is InChI=1S/C19H29NO7S/c1-6-25-18(21)15(4)20(16(5)19(22)26-7-2)12-13-27-28(23,24)17-10-8-14(3)9-11-17/h8-11,15-16H,6-7,12-13H2,1-5H3/t15-,16-/m0/s1. The normalized spacial score (nSPS) is 13.8. The molecule has 9 heteroatoms. The first-order valence-corrected chi connectivity index (χ1v) is 10.6. The molecule has 0 unspecified atom stereocenters. The smallest absolute Gasteiger partial charge is 0.323 e. The summed E-state index contributed by atoms with van der Waals surface area (Å²) in [7, 11) is -3.94. The van der Waals surface area contributed by atoms with E-state index in [-0.39, 0.29) is 31.3 Å². The summed E-state index contributed by atoms with van der Waals surface area (Å²) in [4.78, 5) is 25.8. The summed E-state index contributed by atoms with van der Waals surface area (Å²) in [5.41, 5.74) is 0.927. The Hall–Kier alpha value is -1.97. The SMILES string of the molecule is CCOC(=O)[C@H](C)N(CCOS(=O)(=O)c1ccc(C)cc1)[C@@H](C)C(=O)OCC. The third-order valence-electron chi connectivity index (χ3n) is 4.15. The Bertz CT molecular complexity index is 722. The second-order valence-corrected chi connectivity index (χ2v) is 7.80. The Labute approximate surface area is 166 Å². The monoisotopic (exact) mass is 415 g/mol. The Morgan fingerprint density at radius 3 is 1.86 bits per heavy atom. The molecule has 0 N–H and O–H groups in total. The number of esters is 2. The van der Waals surface area contributed by atoms with Crippen molar-refractivity contribution >= 4 is 22.1 Å². The molecule has 1 rings (SSSR count). The van der Waals surface area contributed by atoms with Crippen molar-refractivity contribution in [2.24, 2.45) is 0 Å². The number of hydrogen-bond donors (Lipinski definition) is 0. The van der Waals surface area contributed by atoms with Gasteiger partial charge in [-0.15, -0.1) is 0 Å². The zero-order chi connectivity index (χ0) is 21.3. The second-order valence-electron chi connectivity index (χ2n) is 6.18. The lowest BCUT2D eigenvalue weighted by atomic mass is 10.2. The van der Waals surface area contributed by atoms with Crippen LogP contribution >= 0.6 is 0 Å². The molecule has 158 valence electrons. The average molecular weight is 416 g/mol. The predicted octanol–water partition coefficient (Wildman–Crippen LogP) is 1.91. The lowest BCUT2D eigenvalue weighted by molar-refractivity contribution is -0.156. The van der Waals surface area contributed by atoms with Gasteiger partial charge in [0.15, 0.2) is 0 Å². The first kappa shape index (κ1) is 24.1. The van der Waals surface area contributed by atoms with Crippen LogP contribution in [0.1, 0.15) is 33.3 Å². The van der Waals surface area contributed by atoms with Gasteiger partial charge in [0, 0.05) is 6.54 Å². The number of carbonyl (C=O) groups excluding carboxylic acids is 2. The van der Waals surface area contributed by atoms with E-state index in [1.807, 2.05) is 6.92 Å². The van der Waals surface area contributed by atoms with Crippen molar-refractivity contribution in [1.82, 2.24) is 4.90 Å². The van der Waals surface area contributed by atoms with Crippen LogP contribution in [0, 0.1) is 6.92 Å². The number of rotatable bonds is 11. The lowest BCUT2D eigenvalue weighted by Crippen LogP contribution is -2.50. The largest absolute Gasteiger partial charge is 0.465 e. The van der Waals surface area contributed by atoms with Crippen molar-refractivity contribution in [3.63, 3.8) is 0 Å². The fourth-order valence-corrected chi connectivity index (χ4v) is 3.44. The molecule has 8 nitrogen and oxygen atoms in total. The van der Waals surface area contributed by atoms with Crippen molar-refractivity contribution in [2.45, 2.75) is 51.6 Å². The molecule has 0 spiro atoms. The van der Waals surface area contributed by atoms with Crippen molar-refractivity contribution < 1.29 is 31.7 Å². The van der Waals surface area contributed by atoms with Crippen molar-refractivity contribution in [3.8, 4) is 0 Å². The van der Waals surface area contributed by atoms with Crippen LogP contribution in [-0.2, 0) is 33.4 Å². The van der Waals surface area contributed by atoms with Crippen molar-refractivity contribution in [1.29, 1.82) is 0 Å². The first-order chi connectivity index (χ1) is 13.1. The molecule has 0 aliphatic heterocycles. The predicted molar refractivity (Wildman–Crippen MR) is 103 cm³/mol. The Morgan fingerprint density at radius 1 is 0.964 bits per heavy atom. The molecular formula is C19H29NO7S. The van der Waals surface area contributed by atoms with Gasteiger partial charge in [-0.3, -0.25) is 18.7 Å². The van der Waals surface area contributed by atoms with Gasteiger partial charge in [-0.05, 0) is 46.8 Å². The highest BCUT2D eigenvalue weighted by Gasteiger charge is 2.31. The van der Waals surface area contributed by atoms with Gasteiger partial charge >= 0.3 is 11.9 Å². The number of ether oxygens (including phenoxy) is 2. The van der Waals surface area contributed by atoms with Gasteiger partial charge in [-0.1, -0.05) is 17.7 Å². The van der Waals surface area contributed by atoms with E-state index < -0.39 is 34.1 Å². The van der Waals surface area contributed by atoms with E-state index in [9.17, 15) is 18.0 Å². The minimum absolute atomic E-state index is 0.0189. The molecule has 0 aliphatic carbocycles. The van der Waals surface area contributed by atoms with Gasteiger partial charge in [0.05, 0.1) is 24.7 Å². The van der Waals surface area contributed by atoms with E-state index in [2.05, 4.69) is 0 Å². The topological polar surface area (TPSA) is 99.2 Å². The molecule has 1 aromatic rings. The summed E-state index contributed by atoms with van der Waals surface area (Å²) in [6.07, 6.45) is 0. The molecule has 0 saturated heterocycles. The molecule has 0 bridgehead atoms. The fraction of sp³-hybridized carbons (Fsp3) is 0.579. The second kappa shape index (κ2) is 11.1. The highest BCUT2D eigenvalue weighted by atomic mass is 32.2. The van der Waals surface area contributed by atoms with Gasteiger partial charge in [0.25, 0.3) is 10.1 Å². The van der Waals surface area contributed by atoms with Gasteiger partial charge in [-0.25, -0.2) is 0 Å². The molecule has 1 aromatic carbocycles. The summed E-state index contributed by atoms with van der Waals surface area (Å²) in [5, 5.41) is 0. The van der Waals surface area contributed by atoms with Crippen LogP contribution in [-0.4, -0.2) is 63.7 Å². The number of carbonyl (C=O) groups is 2. The van der Waals surface area contributed by atoms with Crippen LogP contribution in [0.3, 0.4) is 0 Å². The maximum atomic E-state index is 12.3. The van der Waals surface area contributed by atoms with E-state index in [0.29, 0.717) is 0 Å². The third kappa shape index (κ3) is 6.88. The number of benzene rings is 1. The molecule has 28 heavy (non-hydrogen) atoms. The van der Waals surface area contributed by atoms with Crippen LogP contribution in [0.5, 0.6) is 0 Å². The van der Waals surface area contributed by atoms with Crippen LogP contribution in [0.4, 0.5) is 0 Å². The van der Waals surface area contributed by atoms with Crippen LogP contribution in [0.15, 0.2) is 29.2 Å². The maximum Gasteiger partial charge on any atom is 0.323 e. The highest BCUT2D eigenvalue weighted by molar-refractivity contribution is 7.86. The zero-order valence-electron chi connectivity index (χ0n) is 17.0. The Morgan fingerprint density at radius 2 is 1.43 bits per heavy atom. The molecule has 0 aliphatic rings. The summed E-state index contributed by atoms with van der Waals surface area (Å²) >= 11 is 0. The molecule has 0 radical (unpaired) electrons. The minimum atomic E-state index is -3.94. The van der Waals surface area contributed by atoms with E-state index in [1.54, 1.807) is 39.8 Å². The zero-order valence-corrected chi connectivity index (χ0v) is 17.8. The first-order valence-electron chi connectivity index (χ1n) is 9.19. The van der Waals surface area contributed by atoms with Crippen molar-refractivity contribution in [3.05, 3.63) is 29.8 Å². The Kier molecular flexibility index (Phi) is 9.57. The summed E-state index contributed by atoms with van der Waals surface area (Å²) in [6, 6.07) is 4.73. The molecule has 0 heterocycles. The maximum absolute atomic E-state index is 12.3. The van der Waals surface area contributed by atoms with Crippen LogP contribution in [0.2, 0.25) is 0 Å². The van der Waals surface area contributed by atoms with Crippen LogP contribution < -0.4 is 0 Å². The quantitative estimate of drug-likeness (QED) is 0.399. The number of nitrogens with zero attached hydrogens (tertiary/aromatic N) is 1. The summed E-state index contributed by atoms with van der Waals surface area (Å²) in [6.45, 7) is 8.57. The molecule has 2 atom stereocenters. The van der Waals surface area contributed by atoms with Gasteiger partial charge < -0.3 is 9.47 Å². The van der Waals surface area contributed by atoms with Gasteiger partial charge in [0.1, 0.15) is 12.1 Å². The Balaban J connectivity index is 2.86. The average Bonchev–Trinajstić information content (AvgIpc) is 2.65. The number of aryl methyl sites for hydroxylation is 1. The van der Waals surface area contributed by atoms with E-state index >= 15 is 0 Å². The molecule has 0 fully saturated rings. The molecular weight excluding hydrogens is 386 g/mol. The van der Waals surface area contributed by atoms with E-state index in [1.165, 1.54) is 17.0 Å². The third-order valence-corrected chi connectivity index (χ3v) is 5.47. The minimum Gasteiger partial charge on any atom is -0.465 e. The van der Waals surface area contributed by atoms with E-state index in [0.717, 1.165) is 5.56 Å². The van der Waals surface area contributed by atoms with Crippen LogP contribution in [0.25, 0.3) is 0 Å². The highest BCUT2D eigenvalue weighted by Crippen LogP contribution is 2.15. The van der Waals surface area contributed by atoms with Gasteiger partial charge in [0.2, 0.25) is 0 Å². The summed E-state index contributed by atoms with van der Waals surface area (Å²) in [5.74, 6) is -1.03.